The van der Waals surface area contributed by atoms with Crippen LogP contribution in [-0.2, 0) is 23.1 Å². The van der Waals surface area contributed by atoms with E-state index in [1.54, 1.807) is 6.92 Å². The van der Waals surface area contributed by atoms with Crippen molar-refractivity contribution in [3.8, 4) is 0 Å². The first-order valence-corrected chi connectivity index (χ1v) is 12.4. The first-order chi connectivity index (χ1) is 13.4. The Bertz CT molecular complexity index is 399. The van der Waals surface area contributed by atoms with Gasteiger partial charge in [0.2, 0.25) is 0 Å². The Balaban J connectivity index is 4.26. The van der Waals surface area contributed by atoms with Crippen LogP contribution in [0.1, 0.15) is 91.4 Å². The van der Waals surface area contributed by atoms with Crippen molar-refractivity contribution in [2.45, 2.75) is 110 Å². The van der Waals surface area contributed by atoms with E-state index in [1.165, 1.54) is 58.5 Å². The van der Waals surface area contributed by atoms with E-state index in [0.717, 1.165) is 19.3 Å². The van der Waals surface area contributed by atoms with Crippen LogP contribution in [0.2, 0.25) is 0 Å². The monoisotopic (exact) mass is 425 g/mol. The average Bonchev–Trinajstić information content (AvgIpc) is 2.68. The van der Waals surface area contributed by atoms with Gasteiger partial charge in [0, 0.05) is 13.7 Å². The SMILES string of the molecule is CCCCCCCCCCCC(CC)OC(OP(=O)(O)OCCN)C(C)OC. The Hall–Kier alpha value is -0.0100. The van der Waals surface area contributed by atoms with Gasteiger partial charge in [-0.05, 0) is 19.8 Å². The predicted molar refractivity (Wildman–Crippen MR) is 113 cm³/mol. The van der Waals surface area contributed by atoms with Gasteiger partial charge in [-0.15, -0.1) is 0 Å². The van der Waals surface area contributed by atoms with E-state index in [2.05, 4.69) is 6.92 Å². The zero-order chi connectivity index (χ0) is 21.3. The van der Waals surface area contributed by atoms with Crippen molar-refractivity contribution in [1.82, 2.24) is 0 Å². The second-order valence-electron chi connectivity index (χ2n) is 7.29. The van der Waals surface area contributed by atoms with Gasteiger partial charge in [0.25, 0.3) is 0 Å². The summed E-state index contributed by atoms with van der Waals surface area (Å²) >= 11 is 0. The largest absolute Gasteiger partial charge is 0.474 e. The molecule has 0 fully saturated rings. The van der Waals surface area contributed by atoms with Crippen LogP contribution in [-0.4, -0.2) is 43.7 Å². The molecule has 0 radical (unpaired) electrons. The van der Waals surface area contributed by atoms with Gasteiger partial charge in [-0.25, -0.2) is 4.57 Å². The molecule has 0 saturated carbocycles. The minimum Gasteiger partial charge on any atom is -0.376 e. The lowest BCUT2D eigenvalue weighted by Gasteiger charge is -2.29. The highest BCUT2D eigenvalue weighted by Gasteiger charge is 2.32. The van der Waals surface area contributed by atoms with Crippen LogP contribution in [0.15, 0.2) is 0 Å². The minimum atomic E-state index is -4.24. The van der Waals surface area contributed by atoms with E-state index in [1.807, 2.05) is 6.92 Å². The third-order valence-corrected chi connectivity index (χ3v) is 5.76. The molecule has 0 aliphatic rings. The van der Waals surface area contributed by atoms with Gasteiger partial charge in [-0.2, -0.15) is 0 Å². The van der Waals surface area contributed by atoms with Crippen molar-refractivity contribution < 1.29 is 28.0 Å². The predicted octanol–water partition coefficient (Wildman–Crippen LogP) is 5.16. The number of rotatable bonds is 20. The molecule has 0 aromatic rings. The molecule has 4 atom stereocenters. The molecular formula is C20H44NO6P. The third-order valence-electron chi connectivity index (χ3n) is 4.78. The van der Waals surface area contributed by atoms with Crippen LogP contribution in [0.4, 0.5) is 0 Å². The summed E-state index contributed by atoms with van der Waals surface area (Å²) in [4.78, 5) is 9.82. The van der Waals surface area contributed by atoms with Crippen molar-refractivity contribution in [3.05, 3.63) is 0 Å². The molecular weight excluding hydrogens is 381 g/mol. The van der Waals surface area contributed by atoms with Gasteiger partial charge in [0.1, 0.15) is 6.10 Å². The molecule has 0 bridgehead atoms. The zero-order valence-electron chi connectivity index (χ0n) is 18.4. The summed E-state index contributed by atoms with van der Waals surface area (Å²) in [5.74, 6) is 0. The number of nitrogens with two attached hydrogens (primary N) is 1. The molecule has 8 heteroatoms. The highest BCUT2D eigenvalue weighted by Crippen LogP contribution is 2.45. The van der Waals surface area contributed by atoms with Crippen LogP contribution in [0.5, 0.6) is 0 Å². The molecule has 0 spiro atoms. The number of hydrogen-bond donors (Lipinski definition) is 2. The lowest BCUT2D eigenvalue weighted by Crippen LogP contribution is -2.34. The van der Waals surface area contributed by atoms with Crippen molar-refractivity contribution in [2.75, 3.05) is 20.3 Å². The Morgan fingerprint density at radius 1 is 1.00 bits per heavy atom. The van der Waals surface area contributed by atoms with Gasteiger partial charge in [0.15, 0.2) is 6.29 Å². The standard InChI is InChI=1S/C20H44NO6P/c1-5-7-8-9-10-11-12-13-14-15-19(6-2)26-20(18(3)24-4)27-28(22,23)25-17-16-21/h18-20H,5-17,21H2,1-4H3,(H,22,23). The maximum absolute atomic E-state index is 12.0. The van der Waals surface area contributed by atoms with E-state index in [0.29, 0.717) is 0 Å². The van der Waals surface area contributed by atoms with E-state index >= 15 is 0 Å². The molecule has 0 aromatic heterocycles. The van der Waals surface area contributed by atoms with Crippen LogP contribution in [0, 0.1) is 0 Å². The first kappa shape index (κ1) is 28.0. The molecule has 170 valence electrons. The summed E-state index contributed by atoms with van der Waals surface area (Å²) in [7, 11) is -2.73. The van der Waals surface area contributed by atoms with Crippen LogP contribution >= 0.6 is 7.82 Å². The van der Waals surface area contributed by atoms with Crippen LogP contribution < -0.4 is 5.73 Å². The summed E-state index contributed by atoms with van der Waals surface area (Å²) in [6, 6.07) is 0. The van der Waals surface area contributed by atoms with Crippen molar-refractivity contribution in [1.29, 1.82) is 0 Å². The second kappa shape index (κ2) is 17.8. The molecule has 4 unspecified atom stereocenters. The van der Waals surface area contributed by atoms with E-state index in [9.17, 15) is 9.46 Å². The lowest BCUT2D eigenvalue weighted by atomic mass is 10.0. The van der Waals surface area contributed by atoms with E-state index in [-0.39, 0.29) is 19.3 Å². The summed E-state index contributed by atoms with van der Waals surface area (Å²) in [6.45, 7) is 6.09. The van der Waals surface area contributed by atoms with Crippen molar-refractivity contribution in [2.24, 2.45) is 5.73 Å². The fourth-order valence-corrected chi connectivity index (χ4v) is 3.78. The maximum atomic E-state index is 12.0. The Kier molecular flexibility index (Phi) is 17.8. The fraction of sp³-hybridized carbons (Fsp3) is 1.00. The molecule has 0 saturated heterocycles. The highest BCUT2D eigenvalue weighted by molar-refractivity contribution is 7.47. The van der Waals surface area contributed by atoms with Crippen molar-refractivity contribution in [3.63, 3.8) is 0 Å². The molecule has 28 heavy (non-hydrogen) atoms. The number of hydrogen-bond acceptors (Lipinski definition) is 6. The Morgan fingerprint density at radius 2 is 1.57 bits per heavy atom. The van der Waals surface area contributed by atoms with E-state index < -0.39 is 20.2 Å². The molecule has 0 aliphatic carbocycles. The Morgan fingerprint density at radius 3 is 2.07 bits per heavy atom. The molecule has 0 amide bonds. The number of phosphoric ester groups is 1. The summed E-state index contributed by atoms with van der Waals surface area (Å²) in [5.41, 5.74) is 5.31. The third kappa shape index (κ3) is 14.9. The lowest BCUT2D eigenvalue weighted by molar-refractivity contribution is -0.185. The van der Waals surface area contributed by atoms with Gasteiger partial charge < -0.3 is 20.1 Å². The average molecular weight is 426 g/mol. The Labute approximate surface area is 172 Å². The topological polar surface area (TPSA) is 100 Å². The zero-order valence-corrected chi connectivity index (χ0v) is 19.3. The van der Waals surface area contributed by atoms with Gasteiger partial charge in [0.05, 0.1) is 12.7 Å². The molecule has 0 aliphatic heterocycles. The van der Waals surface area contributed by atoms with Crippen molar-refractivity contribution >= 4 is 7.82 Å². The molecule has 0 aromatic carbocycles. The normalized spacial score (nSPS) is 17.2. The highest BCUT2D eigenvalue weighted by atomic mass is 31.2. The molecule has 0 heterocycles. The maximum Gasteiger partial charge on any atom is 0.474 e. The number of ether oxygens (including phenoxy) is 2. The quantitative estimate of drug-likeness (QED) is 0.158. The number of unbranched alkanes of at least 4 members (excludes halogenated alkanes) is 8. The minimum absolute atomic E-state index is 0.0540. The number of methoxy groups -OCH3 is 1. The van der Waals surface area contributed by atoms with E-state index in [4.69, 9.17) is 24.3 Å². The van der Waals surface area contributed by atoms with Gasteiger partial charge in [-0.3, -0.25) is 9.05 Å². The second-order valence-corrected chi connectivity index (χ2v) is 8.69. The molecule has 0 rings (SSSR count). The first-order valence-electron chi connectivity index (χ1n) is 10.9. The fourth-order valence-electron chi connectivity index (χ4n) is 2.90. The molecule has 7 nitrogen and oxygen atoms in total. The number of phosphoric acid groups is 1. The smallest absolute Gasteiger partial charge is 0.376 e. The summed E-state index contributed by atoms with van der Waals surface area (Å²) in [6.07, 6.45) is 11.6. The summed E-state index contributed by atoms with van der Waals surface area (Å²) < 4.78 is 33.2. The van der Waals surface area contributed by atoms with Crippen LogP contribution in [0.3, 0.4) is 0 Å². The molecule has 3 N–H and O–H groups in total. The summed E-state index contributed by atoms with van der Waals surface area (Å²) in [5, 5.41) is 0. The van der Waals surface area contributed by atoms with Crippen LogP contribution in [0.25, 0.3) is 0 Å². The van der Waals surface area contributed by atoms with Gasteiger partial charge in [-0.1, -0.05) is 71.6 Å². The van der Waals surface area contributed by atoms with Gasteiger partial charge >= 0.3 is 7.82 Å².